The molecule has 1 amide bonds. The summed E-state index contributed by atoms with van der Waals surface area (Å²) in [4.78, 5) is 20.4. The van der Waals surface area contributed by atoms with E-state index in [1.807, 2.05) is 6.20 Å². The van der Waals surface area contributed by atoms with Crippen molar-refractivity contribution in [2.24, 2.45) is 0 Å². The molecule has 2 aromatic rings. The predicted molar refractivity (Wildman–Crippen MR) is 75.0 cm³/mol. The number of hydrogen-bond donors (Lipinski definition) is 2. The lowest BCUT2D eigenvalue weighted by atomic mass is 10.1. The van der Waals surface area contributed by atoms with Gasteiger partial charge in [-0.3, -0.25) is 4.79 Å². The number of carbonyl (C=O) groups excluding carboxylic acids is 1. The van der Waals surface area contributed by atoms with Crippen LogP contribution in [-0.2, 0) is 0 Å². The highest BCUT2D eigenvalue weighted by atomic mass is 16.2. The minimum Gasteiger partial charge on any atom is -0.397 e. The SMILES string of the molecule is Nc1cccnc1C(=O)NC1CCCC1n1ccnc1. The normalized spacial score (nSPS) is 21.8. The van der Waals surface area contributed by atoms with Gasteiger partial charge in [0, 0.05) is 24.6 Å². The zero-order valence-corrected chi connectivity index (χ0v) is 11.1. The molecule has 1 saturated carbocycles. The lowest BCUT2D eigenvalue weighted by Crippen LogP contribution is -2.38. The molecule has 0 saturated heterocycles. The van der Waals surface area contributed by atoms with Crippen LogP contribution in [0.25, 0.3) is 0 Å². The van der Waals surface area contributed by atoms with Gasteiger partial charge >= 0.3 is 0 Å². The van der Waals surface area contributed by atoms with E-state index in [4.69, 9.17) is 5.73 Å². The number of nitrogen functional groups attached to an aromatic ring is 1. The van der Waals surface area contributed by atoms with E-state index < -0.39 is 0 Å². The molecule has 0 aromatic carbocycles. The Kier molecular flexibility index (Phi) is 3.37. The predicted octanol–water partition coefficient (Wildman–Crippen LogP) is 1.38. The highest BCUT2D eigenvalue weighted by Crippen LogP contribution is 2.30. The minimum atomic E-state index is -0.208. The van der Waals surface area contributed by atoms with Gasteiger partial charge < -0.3 is 15.6 Å². The van der Waals surface area contributed by atoms with E-state index in [2.05, 4.69) is 19.9 Å². The van der Waals surface area contributed by atoms with Crippen molar-refractivity contribution in [2.75, 3.05) is 5.73 Å². The summed E-state index contributed by atoms with van der Waals surface area (Å²) >= 11 is 0. The molecule has 0 aliphatic heterocycles. The molecule has 3 N–H and O–H groups in total. The van der Waals surface area contributed by atoms with Gasteiger partial charge in [0.1, 0.15) is 0 Å². The molecule has 3 rings (SSSR count). The summed E-state index contributed by atoms with van der Waals surface area (Å²) in [6.45, 7) is 0. The van der Waals surface area contributed by atoms with Crippen LogP contribution in [0.15, 0.2) is 37.1 Å². The molecule has 6 heteroatoms. The molecule has 20 heavy (non-hydrogen) atoms. The van der Waals surface area contributed by atoms with Gasteiger partial charge in [-0.05, 0) is 31.4 Å². The molecule has 104 valence electrons. The molecule has 2 unspecified atom stereocenters. The van der Waals surface area contributed by atoms with E-state index in [1.54, 1.807) is 30.9 Å². The third-order valence-electron chi connectivity index (χ3n) is 3.76. The van der Waals surface area contributed by atoms with Crippen LogP contribution in [0.2, 0.25) is 0 Å². The van der Waals surface area contributed by atoms with Crippen LogP contribution in [0.3, 0.4) is 0 Å². The number of nitrogens with two attached hydrogens (primary N) is 1. The van der Waals surface area contributed by atoms with E-state index in [9.17, 15) is 4.79 Å². The summed E-state index contributed by atoms with van der Waals surface area (Å²) in [5.74, 6) is -0.208. The first-order chi connectivity index (χ1) is 9.75. The molecule has 1 aliphatic carbocycles. The van der Waals surface area contributed by atoms with Crippen LogP contribution >= 0.6 is 0 Å². The van der Waals surface area contributed by atoms with E-state index in [-0.39, 0.29) is 18.0 Å². The van der Waals surface area contributed by atoms with Crippen LogP contribution in [0.5, 0.6) is 0 Å². The van der Waals surface area contributed by atoms with Crippen LogP contribution in [0.4, 0.5) is 5.69 Å². The largest absolute Gasteiger partial charge is 0.397 e. The standard InChI is InChI=1S/C14H17N5O/c15-10-3-2-6-17-13(10)14(20)18-11-4-1-5-12(11)19-8-7-16-9-19/h2-3,6-9,11-12H,1,4-5,15H2,(H,18,20). The summed E-state index contributed by atoms with van der Waals surface area (Å²) in [5, 5.41) is 3.04. The number of imidazole rings is 1. The minimum absolute atomic E-state index is 0.0955. The summed E-state index contributed by atoms with van der Waals surface area (Å²) in [6.07, 6.45) is 10.2. The van der Waals surface area contributed by atoms with Crippen LogP contribution in [0, 0.1) is 0 Å². The molecule has 2 heterocycles. The maximum Gasteiger partial charge on any atom is 0.272 e. The van der Waals surface area contributed by atoms with Crippen molar-refractivity contribution >= 4 is 11.6 Å². The lowest BCUT2D eigenvalue weighted by Gasteiger charge is -2.22. The molecule has 2 aromatic heterocycles. The molecule has 1 aliphatic rings. The summed E-state index contributed by atoms with van der Waals surface area (Å²) in [7, 11) is 0. The second-order valence-electron chi connectivity index (χ2n) is 5.03. The van der Waals surface area contributed by atoms with Crippen LogP contribution < -0.4 is 11.1 Å². The second kappa shape index (κ2) is 5.32. The smallest absolute Gasteiger partial charge is 0.272 e. The fourth-order valence-corrected chi connectivity index (χ4v) is 2.78. The molecular weight excluding hydrogens is 254 g/mol. The van der Waals surface area contributed by atoms with Gasteiger partial charge in [-0.15, -0.1) is 0 Å². The van der Waals surface area contributed by atoms with Gasteiger partial charge in [0.2, 0.25) is 0 Å². The molecule has 0 radical (unpaired) electrons. The molecule has 2 atom stereocenters. The summed E-state index contributed by atoms with van der Waals surface area (Å²) in [5.41, 5.74) is 6.49. The molecule has 0 bridgehead atoms. The number of carbonyl (C=O) groups is 1. The van der Waals surface area contributed by atoms with E-state index in [1.165, 1.54) is 0 Å². The number of aromatic nitrogens is 3. The average Bonchev–Trinajstić information content (AvgIpc) is 3.09. The van der Waals surface area contributed by atoms with Gasteiger partial charge in [0.25, 0.3) is 5.91 Å². The number of nitrogens with one attached hydrogen (secondary N) is 1. The average molecular weight is 271 g/mol. The Bertz CT molecular complexity index is 595. The fourth-order valence-electron chi connectivity index (χ4n) is 2.78. The highest BCUT2D eigenvalue weighted by molar-refractivity contribution is 5.97. The van der Waals surface area contributed by atoms with Gasteiger partial charge in [-0.2, -0.15) is 0 Å². The Balaban J connectivity index is 1.74. The first kappa shape index (κ1) is 12.7. The Hall–Kier alpha value is -2.37. The fraction of sp³-hybridized carbons (Fsp3) is 0.357. The zero-order valence-electron chi connectivity index (χ0n) is 11.1. The first-order valence-corrected chi connectivity index (χ1v) is 6.74. The van der Waals surface area contributed by atoms with E-state index in [0.717, 1.165) is 19.3 Å². The number of nitrogens with zero attached hydrogens (tertiary/aromatic N) is 3. The monoisotopic (exact) mass is 271 g/mol. The maximum absolute atomic E-state index is 12.3. The molecule has 6 nitrogen and oxygen atoms in total. The van der Waals surface area contributed by atoms with Crippen molar-refractivity contribution in [1.29, 1.82) is 0 Å². The Morgan fingerprint density at radius 2 is 2.30 bits per heavy atom. The van der Waals surface area contributed by atoms with Crippen molar-refractivity contribution in [3.8, 4) is 0 Å². The number of hydrogen-bond acceptors (Lipinski definition) is 4. The number of anilines is 1. The van der Waals surface area contributed by atoms with Crippen molar-refractivity contribution in [1.82, 2.24) is 19.9 Å². The lowest BCUT2D eigenvalue weighted by molar-refractivity contribution is 0.0925. The Labute approximate surface area is 117 Å². The maximum atomic E-state index is 12.3. The second-order valence-corrected chi connectivity index (χ2v) is 5.03. The summed E-state index contributed by atoms with van der Waals surface area (Å²) < 4.78 is 2.06. The topological polar surface area (TPSA) is 85.8 Å². The first-order valence-electron chi connectivity index (χ1n) is 6.74. The zero-order chi connectivity index (χ0) is 13.9. The Morgan fingerprint density at radius 3 is 3.05 bits per heavy atom. The molecule has 1 fully saturated rings. The van der Waals surface area contributed by atoms with E-state index in [0.29, 0.717) is 11.4 Å². The van der Waals surface area contributed by atoms with Crippen molar-refractivity contribution in [2.45, 2.75) is 31.3 Å². The molecular formula is C14H17N5O. The van der Waals surface area contributed by atoms with Crippen LogP contribution in [-0.4, -0.2) is 26.5 Å². The van der Waals surface area contributed by atoms with Gasteiger partial charge in [-0.25, -0.2) is 9.97 Å². The third kappa shape index (κ3) is 2.36. The quantitative estimate of drug-likeness (QED) is 0.883. The number of rotatable bonds is 3. The number of pyridine rings is 1. The molecule has 0 spiro atoms. The highest BCUT2D eigenvalue weighted by Gasteiger charge is 2.30. The Morgan fingerprint density at radius 1 is 1.40 bits per heavy atom. The van der Waals surface area contributed by atoms with Gasteiger partial charge in [-0.1, -0.05) is 0 Å². The van der Waals surface area contributed by atoms with Gasteiger partial charge in [0.15, 0.2) is 5.69 Å². The van der Waals surface area contributed by atoms with Crippen molar-refractivity contribution in [3.05, 3.63) is 42.7 Å². The third-order valence-corrected chi connectivity index (χ3v) is 3.76. The van der Waals surface area contributed by atoms with E-state index >= 15 is 0 Å². The number of amides is 1. The van der Waals surface area contributed by atoms with Gasteiger partial charge in [0.05, 0.1) is 18.1 Å². The van der Waals surface area contributed by atoms with Crippen molar-refractivity contribution in [3.63, 3.8) is 0 Å². The van der Waals surface area contributed by atoms with Crippen molar-refractivity contribution < 1.29 is 4.79 Å². The summed E-state index contributed by atoms with van der Waals surface area (Å²) in [6, 6.07) is 3.75. The van der Waals surface area contributed by atoms with Crippen LogP contribution in [0.1, 0.15) is 35.8 Å².